The quantitative estimate of drug-likeness (QED) is 0.786. The van der Waals surface area contributed by atoms with Gasteiger partial charge in [-0.1, -0.05) is 18.2 Å². The largest absolute Gasteiger partial charge is 0.388 e. The Balaban J connectivity index is 2.08. The summed E-state index contributed by atoms with van der Waals surface area (Å²) in [5.74, 6) is 0. The van der Waals surface area contributed by atoms with Gasteiger partial charge in [0.1, 0.15) is 0 Å². The van der Waals surface area contributed by atoms with Gasteiger partial charge in [-0.3, -0.25) is 4.98 Å². The van der Waals surface area contributed by atoms with Gasteiger partial charge in [-0.25, -0.2) is 0 Å². The Labute approximate surface area is 94.6 Å². The van der Waals surface area contributed by atoms with Crippen molar-refractivity contribution < 1.29 is 5.11 Å². The molecule has 1 N–H and O–H groups in total. The van der Waals surface area contributed by atoms with E-state index in [4.69, 9.17) is 0 Å². The van der Waals surface area contributed by atoms with Crippen LogP contribution in [-0.2, 0) is 6.42 Å². The molecule has 2 nitrogen and oxygen atoms in total. The van der Waals surface area contributed by atoms with E-state index in [1.165, 1.54) is 5.56 Å². The SMILES string of the molecule is O[C@@H]1CCc2ccc(-c3cccnc3)cc21. The van der Waals surface area contributed by atoms with Gasteiger partial charge in [0.15, 0.2) is 0 Å². The number of benzene rings is 1. The average molecular weight is 211 g/mol. The fraction of sp³-hybridized carbons (Fsp3) is 0.214. The van der Waals surface area contributed by atoms with Crippen molar-refractivity contribution in [3.63, 3.8) is 0 Å². The van der Waals surface area contributed by atoms with Gasteiger partial charge in [-0.2, -0.15) is 0 Å². The summed E-state index contributed by atoms with van der Waals surface area (Å²) in [7, 11) is 0. The number of aliphatic hydroxyl groups excluding tert-OH is 1. The number of pyridine rings is 1. The molecule has 0 amide bonds. The van der Waals surface area contributed by atoms with Crippen LogP contribution in [0.2, 0.25) is 0 Å². The smallest absolute Gasteiger partial charge is 0.0796 e. The Bertz CT molecular complexity index is 507. The highest BCUT2D eigenvalue weighted by molar-refractivity contribution is 5.64. The van der Waals surface area contributed by atoms with Crippen LogP contribution >= 0.6 is 0 Å². The van der Waals surface area contributed by atoms with Gasteiger partial charge in [-0.15, -0.1) is 0 Å². The van der Waals surface area contributed by atoms with Crippen molar-refractivity contribution in [1.82, 2.24) is 4.98 Å². The molecule has 0 unspecified atom stereocenters. The van der Waals surface area contributed by atoms with Crippen LogP contribution in [0, 0.1) is 0 Å². The van der Waals surface area contributed by atoms with E-state index in [9.17, 15) is 5.11 Å². The Morgan fingerprint density at radius 3 is 2.94 bits per heavy atom. The van der Waals surface area contributed by atoms with E-state index in [0.29, 0.717) is 0 Å². The summed E-state index contributed by atoms with van der Waals surface area (Å²) in [5, 5.41) is 9.84. The molecule has 0 aliphatic heterocycles. The van der Waals surface area contributed by atoms with E-state index in [0.717, 1.165) is 29.5 Å². The van der Waals surface area contributed by atoms with Crippen molar-refractivity contribution in [2.45, 2.75) is 18.9 Å². The van der Waals surface area contributed by atoms with Crippen LogP contribution in [0.1, 0.15) is 23.7 Å². The molecule has 0 fully saturated rings. The first-order valence-electron chi connectivity index (χ1n) is 5.56. The Morgan fingerprint density at radius 1 is 1.19 bits per heavy atom. The highest BCUT2D eigenvalue weighted by atomic mass is 16.3. The van der Waals surface area contributed by atoms with E-state index in [1.54, 1.807) is 6.20 Å². The fourth-order valence-electron chi connectivity index (χ4n) is 2.29. The molecule has 80 valence electrons. The molecule has 16 heavy (non-hydrogen) atoms. The molecule has 0 saturated carbocycles. The molecule has 1 aliphatic rings. The maximum Gasteiger partial charge on any atom is 0.0796 e. The first-order valence-corrected chi connectivity index (χ1v) is 5.56. The molecule has 0 spiro atoms. The summed E-state index contributed by atoms with van der Waals surface area (Å²) in [5.41, 5.74) is 4.60. The first kappa shape index (κ1) is 9.55. The maximum absolute atomic E-state index is 9.84. The third-order valence-corrected chi connectivity index (χ3v) is 3.19. The zero-order valence-electron chi connectivity index (χ0n) is 8.93. The maximum atomic E-state index is 9.84. The van der Waals surface area contributed by atoms with E-state index >= 15 is 0 Å². The molecule has 1 atom stereocenters. The standard InChI is InChI=1S/C14H13NO/c16-14-6-5-10-3-4-11(8-13(10)14)12-2-1-7-15-9-12/h1-4,7-9,14,16H,5-6H2/t14-/m1/s1. The second-order valence-electron chi connectivity index (χ2n) is 4.21. The number of rotatable bonds is 1. The number of aryl methyl sites for hydroxylation is 1. The molecule has 1 heterocycles. The van der Waals surface area contributed by atoms with Crippen molar-refractivity contribution >= 4 is 0 Å². The molecular weight excluding hydrogens is 198 g/mol. The minimum atomic E-state index is -0.286. The second kappa shape index (κ2) is 3.72. The lowest BCUT2D eigenvalue weighted by atomic mass is 10.0. The van der Waals surface area contributed by atoms with E-state index in [1.807, 2.05) is 18.3 Å². The number of aromatic nitrogens is 1. The summed E-state index contributed by atoms with van der Waals surface area (Å²) in [6, 6.07) is 10.3. The van der Waals surface area contributed by atoms with Crippen LogP contribution in [0.25, 0.3) is 11.1 Å². The number of hydrogen-bond acceptors (Lipinski definition) is 2. The molecule has 1 aliphatic carbocycles. The van der Waals surface area contributed by atoms with Crippen LogP contribution in [0.5, 0.6) is 0 Å². The van der Waals surface area contributed by atoms with Crippen LogP contribution in [0.4, 0.5) is 0 Å². The van der Waals surface area contributed by atoms with Gasteiger partial charge in [0.05, 0.1) is 6.10 Å². The highest BCUT2D eigenvalue weighted by Crippen LogP contribution is 2.33. The third-order valence-electron chi connectivity index (χ3n) is 3.19. The van der Waals surface area contributed by atoms with Gasteiger partial charge in [-0.05, 0) is 47.2 Å². The van der Waals surface area contributed by atoms with Crippen molar-refractivity contribution in [1.29, 1.82) is 0 Å². The topological polar surface area (TPSA) is 33.1 Å². The molecule has 2 aromatic rings. The van der Waals surface area contributed by atoms with Crippen molar-refractivity contribution in [2.75, 3.05) is 0 Å². The summed E-state index contributed by atoms with van der Waals surface area (Å²) in [4.78, 5) is 4.11. The predicted molar refractivity (Wildman–Crippen MR) is 63.0 cm³/mol. The Hall–Kier alpha value is -1.67. The van der Waals surface area contributed by atoms with E-state index in [-0.39, 0.29) is 6.10 Å². The zero-order valence-corrected chi connectivity index (χ0v) is 8.93. The highest BCUT2D eigenvalue weighted by Gasteiger charge is 2.20. The van der Waals surface area contributed by atoms with Gasteiger partial charge in [0, 0.05) is 12.4 Å². The number of fused-ring (bicyclic) bond motifs is 1. The molecule has 3 rings (SSSR count). The monoisotopic (exact) mass is 211 g/mol. The van der Waals surface area contributed by atoms with Crippen LogP contribution in [0.15, 0.2) is 42.7 Å². The summed E-state index contributed by atoms with van der Waals surface area (Å²) in [6.07, 6.45) is 5.18. The van der Waals surface area contributed by atoms with Gasteiger partial charge in [0.25, 0.3) is 0 Å². The lowest BCUT2D eigenvalue weighted by molar-refractivity contribution is 0.180. The molecular formula is C14H13NO. The van der Waals surface area contributed by atoms with Crippen LogP contribution in [-0.4, -0.2) is 10.1 Å². The van der Waals surface area contributed by atoms with E-state index < -0.39 is 0 Å². The fourth-order valence-corrected chi connectivity index (χ4v) is 2.29. The van der Waals surface area contributed by atoms with Gasteiger partial charge < -0.3 is 5.11 Å². The number of hydrogen-bond donors (Lipinski definition) is 1. The molecule has 1 aromatic carbocycles. The van der Waals surface area contributed by atoms with Crippen molar-refractivity contribution in [3.05, 3.63) is 53.9 Å². The first-order chi connectivity index (χ1) is 7.84. The summed E-state index contributed by atoms with van der Waals surface area (Å²) in [6.45, 7) is 0. The molecule has 0 saturated heterocycles. The average Bonchev–Trinajstić information content (AvgIpc) is 2.72. The molecule has 2 heteroatoms. The minimum absolute atomic E-state index is 0.286. The van der Waals surface area contributed by atoms with E-state index in [2.05, 4.69) is 23.2 Å². The summed E-state index contributed by atoms with van der Waals surface area (Å²) >= 11 is 0. The Morgan fingerprint density at radius 2 is 2.12 bits per heavy atom. The zero-order chi connectivity index (χ0) is 11.0. The molecule has 0 bridgehead atoms. The predicted octanol–water partition coefficient (Wildman–Crippen LogP) is 2.73. The third kappa shape index (κ3) is 1.51. The summed E-state index contributed by atoms with van der Waals surface area (Å²) < 4.78 is 0. The van der Waals surface area contributed by atoms with Gasteiger partial charge in [0.2, 0.25) is 0 Å². The lowest BCUT2D eigenvalue weighted by Gasteiger charge is -2.07. The second-order valence-corrected chi connectivity index (χ2v) is 4.21. The molecule has 0 radical (unpaired) electrons. The number of nitrogens with zero attached hydrogens (tertiary/aromatic N) is 1. The number of aliphatic hydroxyl groups is 1. The lowest BCUT2D eigenvalue weighted by Crippen LogP contribution is -1.91. The van der Waals surface area contributed by atoms with Crippen LogP contribution in [0.3, 0.4) is 0 Å². The Kier molecular flexibility index (Phi) is 2.22. The van der Waals surface area contributed by atoms with Crippen molar-refractivity contribution in [3.8, 4) is 11.1 Å². The molecule has 1 aromatic heterocycles. The minimum Gasteiger partial charge on any atom is -0.388 e. The van der Waals surface area contributed by atoms with Crippen molar-refractivity contribution in [2.24, 2.45) is 0 Å². The normalized spacial score (nSPS) is 18.4. The van der Waals surface area contributed by atoms with Gasteiger partial charge >= 0.3 is 0 Å². The van der Waals surface area contributed by atoms with Crippen LogP contribution < -0.4 is 0 Å².